The first kappa shape index (κ1) is 23.8. The monoisotopic (exact) mass is 402 g/mol. The SMILES string of the molecule is CC(C)C(N)C(=O)N1CCCC1C(=O)NC(CO)C(=O)NC(C(=O)O)C(C)O. The molecule has 28 heavy (non-hydrogen) atoms. The lowest BCUT2D eigenvalue weighted by molar-refractivity contribution is -0.146. The average Bonchev–Trinajstić information content (AvgIpc) is 3.11. The second kappa shape index (κ2) is 10.3. The van der Waals surface area contributed by atoms with Gasteiger partial charge in [-0.2, -0.15) is 0 Å². The molecule has 7 N–H and O–H groups in total. The number of carbonyl (C=O) groups is 4. The number of nitrogens with zero attached hydrogens (tertiary/aromatic N) is 1. The highest BCUT2D eigenvalue weighted by molar-refractivity contribution is 5.94. The van der Waals surface area contributed by atoms with Crippen LogP contribution in [0.15, 0.2) is 0 Å². The van der Waals surface area contributed by atoms with Crippen LogP contribution in [0.25, 0.3) is 0 Å². The number of nitrogens with two attached hydrogens (primary N) is 1. The minimum absolute atomic E-state index is 0.110. The van der Waals surface area contributed by atoms with Gasteiger partial charge in [0.15, 0.2) is 6.04 Å². The molecule has 1 aliphatic rings. The Hall–Kier alpha value is -2.24. The van der Waals surface area contributed by atoms with Crippen molar-refractivity contribution in [2.75, 3.05) is 13.2 Å². The Morgan fingerprint density at radius 2 is 1.79 bits per heavy atom. The van der Waals surface area contributed by atoms with Gasteiger partial charge in [0, 0.05) is 6.54 Å². The van der Waals surface area contributed by atoms with E-state index in [1.54, 1.807) is 13.8 Å². The van der Waals surface area contributed by atoms with Gasteiger partial charge in [0.2, 0.25) is 17.7 Å². The number of amides is 3. The van der Waals surface area contributed by atoms with Gasteiger partial charge in [0.05, 0.1) is 18.8 Å². The molecule has 0 aromatic rings. The second-order valence-electron chi connectivity index (χ2n) is 7.27. The first-order valence-corrected chi connectivity index (χ1v) is 9.19. The predicted molar refractivity (Wildman–Crippen MR) is 97.8 cm³/mol. The maximum Gasteiger partial charge on any atom is 0.328 e. The highest BCUT2D eigenvalue weighted by Crippen LogP contribution is 2.20. The van der Waals surface area contributed by atoms with Gasteiger partial charge in [-0.3, -0.25) is 14.4 Å². The number of carboxylic acid groups (broad SMARTS) is 1. The molecule has 1 saturated heterocycles. The smallest absolute Gasteiger partial charge is 0.328 e. The highest BCUT2D eigenvalue weighted by Gasteiger charge is 2.38. The molecular weight excluding hydrogens is 372 g/mol. The molecule has 0 spiro atoms. The quantitative estimate of drug-likeness (QED) is 0.242. The standard InChI is InChI=1S/C17H30N4O7/c1-8(2)12(18)16(26)21-6-4-5-11(21)15(25)19-10(7-22)14(24)20-13(9(3)23)17(27)28/h8-13,22-23H,4-7,18H2,1-3H3,(H,19,25)(H,20,24)(H,27,28). The molecule has 11 heteroatoms. The number of likely N-dealkylation sites (tertiary alicyclic amines) is 1. The van der Waals surface area contributed by atoms with E-state index in [1.807, 2.05) is 0 Å². The van der Waals surface area contributed by atoms with Gasteiger partial charge in [-0.25, -0.2) is 4.79 Å². The molecule has 0 aromatic carbocycles. The van der Waals surface area contributed by atoms with Crippen molar-refractivity contribution in [2.24, 2.45) is 11.7 Å². The molecule has 1 heterocycles. The van der Waals surface area contributed by atoms with Crippen molar-refractivity contribution < 1.29 is 34.5 Å². The molecule has 3 amide bonds. The van der Waals surface area contributed by atoms with E-state index < -0.39 is 54.7 Å². The number of aliphatic hydroxyl groups is 2. The van der Waals surface area contributed by atoms with Gasteiger partial charge in [-0.05, 0) is 25.7 Å². The summed E-state index contributed by atoms with van der Waals surface area (Å²) in [5, 5.41) is 32.3. The zero-order chi connectivity index (χ0) is 21.6. The molecule has 1 fully saturated rings. The normalized spacial score (nSPS) is 21.0. The summed E-state index contributed by atoms with van der Waals surface area (Å²) in [5.74, 6) is -3.53. The van der Waals surface area contributed by atoms with E-state index in [2.05, 4.69) is 10.6 Å². The molecule has 160 valence electrons. The van der Waals surface area contributed by atoms with Crippen LogP contribution in [-0.2, 0) is 19.2 Å². The van der Waals surface area contributed by atoms with Gasteiger partial charge in [0.1, 0.15) is 12.1 Å². The van der Waals surface area contributed by atoms with E-state index in [0.29, 0.717) is 19.4 Å². The number of aliphatic carboxylic acids is 1. The summed E-state index contributed by atoms with van der Waals surface area (Å²) in [7, 11) is 0. The summed E-state index contributed by atoms with van der Waals surface area (Å²) in [6.07, 6.45) is -0.404. The largest absolute Gasteiger partial charge is 0.480 e. The maximum absolute atomic E-state index is 12.6. The van der Waals surface area contributed by atoms with Crippen LogP contribution < -0.4 is 16.4 Å². The summed E-state index contributed by atoms with van der Waals surface area (Å²) in [5.41, 5.74) is 5.88. The lowest BCUT2D eigenvalue weighted by Gasteiger charge is -2.29. The lowest BCUT2D eigenvalue weighted by Crippen LogP contribution is -2.59. The zero-order valence-electron chi connectivity index (χ0n) is 16.3. The summed E-state index contributed by atoms with van der Waals surface area (Å²) in [6.45, 7) is 4.35. The predicted octanol–water partition coefficient (Wildman–Crippen LogP) is -2.61. The number of carbonyl (C=O) groups excluding carboxylic acids is 3. The molecule has 0 aromatic heterocycles. The Labute approximate surface area is 163 Å². The van der Waals surface area contributed by atoms with Crippen molar-refractivity contribution in [2.45, 2.75) is 63.9 Å². The number of rotatable bonds is 9. The van der Waals surface area contributed by atoms with Gasteiger partial charge in [0.25, 0.3) is 0 Å². The minimum atomic E-state index is -1.59. The van der Waals surface area contributed by atoms with Crippen LogP contribution in [-0.4, -0.2) is 87.3 Å². The topological polar surface area (TPSA) is 182 Å². The molecule has 0 aliphatic carbocycles. The second-order valence-corrected chi connectivity index (χ2v) is 7.27. The summed E-state index contributed by atoms with van der Waals surface area (Å²) in [6, 6.07) is -4.60. The van der Waals surface area contributed by atoms with E-state index in [4.69, 9.17) is 10.8 Å². The van der Waals surface area contributed by atoms with Crippen LogP contribution in [0.5, 0.6) is 0 Å². The fourth-order valence-electron chi connectivity index (χ4n) is 2.88. The molecule has 0 saturated carbocycles. The first-order chi connectivity index (χ1) is 13.0. The molecular formula is C17H30N4O7. The molecule has 0 radical (unpaired) electrons. The number of aliphatic hydroxyl groups excluding tert-OH is 2. The van der Waals surface area contributed by atoms with Crippen molar-refractivity contribution in [3.63, 3.8) is 0 Å². The van der Waals surface area contributed by atoms with E-state index in [1.165, 1.54) is 11.8 Å². The summed E-state index contributed by atoms with van der Waals surface area (Å²) >= 11 is 0. The summed E-state index contributed by atoms with van der Waals surface area (Å²) in [4.78, 5) is 49.7. The van der Waals surface area contributed by atoms with Crippen molar-refractivity contribution in [3.8, 4) is 0 Å². The Morgan fingerprint density at radius 3 is 2.25 bits per heavy atom. The molecule has 1 rings (SSSR count). The zero-order valence-corrected chi connectivity index (χ0v) is 16.3. The minimum Gasteiger partial charge on any atom is -0.480 e. The maximum atomic E-state index is 12.6. The van der Waals surface area contributed by atoms with Gasteiger partial charge < -0.3 is 36.6 Å². The number of carboxylic acids is 1. The Bertz CT molecular complexity index is 596. The highest BCUT2D eigenvalue weighted by atomic mass is 16.4. The molecule has 0 bridgehead atoms. The fourth-order valence-corrected chi connectivity index (χ4v) is 2.88. The van der Waals surface area contributed by atoms with Crippen molar-refractivity contribution in [1.82, 2.24) is 15.5 Å². The fraction of sp³-hybridized carbons (Fsp3) is 0.765. The van der Waals surface area contributed by atoms with Crippen LogP contribution in [0.3, 0.4) is 0 Å². The third-order valence-electron chi connectivity index (χ3n) is 4.70. The van der Waals surface area contributed by atoms with Crippen molar-refractivity contribution in [1.29, 1.82) is 0 Å². The number of hydrogen-bond donors (Lipinski definition) is 6. The number of nitrogens with one attached hydrogen (secondary N) is 2. The van der Waals surface area contributed by atoms with E-state index >= 15 is 0 Å². The van der Waals surface area contributed by atoms with Gasteiger partial charge in [-0.15, -0.1) is 0 Å². The van der Waals surface area contributed by atoms with Crippen LogP contribution in [0.2, 0.25) is 0 Å². The Balaban J connectivity index is 2.80. The van der Waals surface area contributed by atoms with E-state index in [-0.39, 0.29) is 11.8 Å². The van der Waals surface area contributed by atoms with Crippen molar-refractivity contribution >= 4 is 23.7 Å². The van der Waals surface area contributed by atoms with Gasteiger partial charge >= 0.3 is 5.97 Å². The Kier molecular flexibility index (Phi) is 8.79. The number of hydrogen-bond acceptors (Lipinski definition) is 7. The third kappa shape index (κ3) is 5.88. The lowest BCUT2D eigenvalue weighted by atomic mass is 10.0. The van der Waals surface area contributed by atoms with Crippen LogP contribution >= 0.6 is 0 Å². The van der Waals surface area contributed by atoms with Gasteiger partial charge in [-0.1, -0.05) is 13.8 Å². The molecule has 5 unspecified atom stereocenters. The molecule has 1 aliphatic heterocycles. The van der Waals surface area contributed by atoms with Crippen LogP contribution in [0.4, 0.5) is 0 Å². The molecule has 5 atom stereocenters. The third-order valence-corrected chi connectivity index (χ3v) is 4.70. The molecule has 11 nitrogen and oxygen atoms in total. The van der Waals surface area contributed by atoms with E-state index in [9.17, 15) is 29.4 Å². The van der Waals surface area contributed by atoms with Crippen molar-refractivity contribution in [3.05, 3.63) is 0 Å². The van der Waals surface area contributed by atoms with E-state index in [0.717, 1.165) is 0 Å². The van der Waals surface area contributed by atoms with Crippen LogP contribution in [0.1, 0.15) is 33.6 Å². The first-order valence-electron chi connectivity index (χ1n) is 9.19. The average molecular weight is 402 g/mol. The Morgan fingerprint density at radius 1 is 1.18 bits per heavy atom. The van der Waals surface area contributed by atoms with Crippen LogP contribution in [0, 0.1) is 5.92 Å². The summed E-state index contributed by atoms with van der Waals surface area (Å²) < 4.78 is 0.